The van der Waals surface area contributed by atoms with Crippen LogP contribution in [0.15, 0.2) is 48.1 Å². The van der Waals surface area contributed by atoms with Crippen molar-refractivity contribution < 1.29 is 117 Å². The molecule has 4 aliphatic heterocycles. The van der Waals surface area contributed by atoms with Crippen molar-refractivity contribution in [3.8, 4) is 0 Å². The van der Waals surface area contributed by atoms with Crippen LogP contribution in [-0.4, -0.2) is 226 Å². The summed E-state index contributed by atoms with van der Waals surface area (Å²) in [6, 6.07) is -2.32. The summed E-state index contributed by atoms with van der Waals surface area (Å²) in [7, 11) is 2.19. The quantitative estimate of drug-likeness (QED) is 0.0617. The predicted octanol–water partition coefficient (Wildman–Crippen LogP) is -2.87. The number of allylic oxidation sites excluding steroid dienone is 8. The van der Waals surface area contributed by atoms with E-state index in [-0.39, 0.29) is 6.42 Å². The molecule has 7 rings (SSSR count). The first-order valence-electron chi connectivity index (χ1n) is 25.2. The lowest BCUT2D eigenvalue weighted by molar-refractivity contribution is -0.332. The number of ether oxygens (including phenoxy) is 10. The summed E-state index contributed by atoms with van der Waals surface area (Å²) in [5.41, 5.74) is 0.584. The second kappa shape index (κ2) is 25.3. The molecule has 10 N–H and O–H groups in total. The van der Waals surface area contributed by atoms with Crippen LogP contribution < -0.4 is 10.6 Å². The van der Waals surface area contributed by atoms with Crippen LogP contribution >= 0.6 is 0 Å². The highest BCUT2D eigenvalue weighted by Gasteiger charge is 2.64. The van der Waals surface area contributed by atoms with Gasteiger partial charge in [0.15, 0.2) is 37.0 Å². The SMILES string of the molecule is COC1C(C(=O)O)OC(OC2C(O)C(CO)OC(C)C2NC(C)=O)C(OC(=O)C2C(C3=CC=CCC3)C(C(=O)OC3C(OC4C(O)C(CO)OC(C)C4NC(C)=O)OC(C(=O)O)C(OC)C3O)C2C2C=CC=CC2)C1O. The van der Waals surface area contributed by atoms with Crippen LogP contribution in [0.5, 0.6) is 0 Å². The third kappa shape index (κ3) is 12.1. The lowest BCUT2D eigenvalue weighted by Gasteiger charge is -2.54. The van der Waals surface area contributed by atoms with Gasteiger partial charge < -0.3 is 98.9 Å². The minimum absolute atomic E-state index is 0.285. The fourth-order valence-corrected chi connectivity index (χ4v) is 11.7. The van der Waals surface area contributed by atoms with Crippen molar-refractivity contribution in [3.63, 3.8) is 0 Å². The van der Waals surface area contributed by atoms with Crippen molar-refractivity contribution in [2.45, 2.75) is 169 Å². The molecule has 5 fully saturated rings. The molecule has 26 nitrogen and oxygen atoms in total. The van der Waals surface area contributed by atoms with Gasteiger partial charge in [-0.05, 0) is 44.9 Å². The van der Waals surface area contributed by atoms with Gasteiger partial charge in [0.05, 0.1) is 49.3 Å². The molecule has 76 heavy (non-hydrogen) atoms. The maximum atomic E-state index is 15.3. The molecule has 1 saturated carbocycles. The summed E-state index contributed by atoms with van der Waals surface area (Å²) < 4.78 is 58.9. The monoisotopic (exact) mass is 1080 g/mol. The molecule has 0 aromatic heterocycles. The van der Waals surface area contributed by atoms with E-state index in [1.54, 1.807) is 36.5 Å². The summed E-state index contributed by atoms with van der Waals surface area (Å²) >= 11 is 0. The van der Waals surface area contributed by atoms with E-state index in [1.807, 2.05) is 6.08 Å². The molecule has 424 valence electrons. The summed E-state index contributed by atoms with van der Waals surface area (Å²) in [6.07, 6.45) is -16.5. The average molecular weight is 1080 g/mol. The van der Waals surface area contributed by atoms with Crippen molar-refractivity contribution in [3.05, 3.63) is 48.1 Å². The number of carboxylic acids is 2. The number of carbonyl (C=O) groups excluding carboxylic acids is 4. The van der Waals surface area contributed by atoms with E-state index >= 15 is 9.59 Å². The minimum atomic E-state index is -2.00. The van der Waals surface area contributed by atoms with Crippen LogP contribution in [0.25, 0.3) is 0 Å². The number of aliphatic hydroxyl groups excluding tert-OH is 6. The number of aliphatic hydroxyl groups is 6. The molecule has 4 heterocycles. The zero-order valence-corrected chi connectivity index (χ0v) is 42.6. The van der Waals surface area contributed by atoms with Crippen LogP contribution in [0.2, 0.25) is 0 Å². The average Bonchev–Trinajstić information content (AvgIpc) is 3.38. The number of esters is 2. The van der Waals surface area contributed by atoms with Gasteiger partial charge in [-0.1, -0.05) is 48.1 Å². The van der Waals surface area contributed by atoms with Gasteiger partial charge in [0.1, 0.15) is 61.0 Å². The van der Waals surface area contributed by atoms with E-state index < -0.39 is 201 Å². The molecule has 26 heteroatoms. The Labute approximate surface area is 436 Å². The Balaban J connectivity index is 1.26. The molecule has 0 radical (unpaired) electrons. The van der Waals surface area contributed by atoms with Crippen LogP contribution in [0.3, 0.4) is 0 Å². The van der Waals surface area contributed by atoms with Crippen LogP contribution in [-0.2, 0) is 76.1 Å². The van der Waals surface area contributed by atoms with E-state index in [4.69, 9.17) is 47.4 Å². The Bertz CT molecular complexity index is 2100. The molecule has 0 bridgehead atoms. The van der Waals surface area contributed by atoms with Gasteiger partial charge >= 0.3 is 23.9 Å². The standard InChI is InChI=1S/C50H70N2O24/c1-19-31(51-21(3)55)37(33(57)25(17-53)69-19)73-49-41(35(59)39(67-5)43(75-49)45(61)62)71-47(65)29-27(23-13-9-7-10-14-23)30(28(29)24-15-11-8-12-16-24)48(66)72-42-36(60)40(68-6)44(46(63)64)76-50(42)74-38-32(52-22(4)56)20(2)70-26(18-54)34(38)58/h7-11,13,15,19-20,23,25-44,49-50,53-54,57-60H,12,14,16-18H2,1-6H3,(H,51,55)(H,52,56)(H,61,62)(H,63,64). The van der Waals surface area contributed by atoms with Gasteiger partial charge in [0.2, 0.25) is 11.8 Å². The Morgan fingerprint density at radius 3 is 1.43 bits per heavy atom. The van der Waals surface area contributed by atoms with Gasteiger partial charge in [-0.3, -0.25) is 19.2 Å². The van der Waals surface area contributed by atoms with Crippen molar-refractivity contribution in [2.75, 3.05) is 27.4 Å². The van der Waals surface area contributed by atoms with Crippen molar-refractivity contribution in [1.82, 2.24) is 10.6 Å². The molecule has 7 aliphatic rings. The highest BCUT2D eigenvalue weighted by Crippen LogP contribution is 2.57. The lowest BCUT2D eigenvalue weighted by atomic mass is 9.49. The molecule has 2 amide bonds. The van der Waals surface area contributed by atoms with Crippen LogP contribution in [0.4, 0.5) is 0 Å². The first kappa shape index (κ1) is 58.9. The first-order valence-corrected chi connectivity index (χ1v) is 25.2. The van der Waals surface area contributed by atoms with E-state index in [0.717, 1.165) is 14.2 Å². The molecule has 0 aromatic rings. The van der Waals surface area contributed by atoms with E-state index in [1.165, 1.54) is 27.7 Å². The number of hydrogen-bond donors (Lipinski definition) is 10. The summed E-state index contributed by atoms with van der Waals surface area (Å²) in [5, 5.41) is 92.6. The summed E-state index contributed by atoms with van der Waals surface area (Å²) in [6.45, 7) is 4.00. The third-order valence-corrected chi connectivity index (χ3v) is 15.3. The molecular formula is C50H70N2O24. The Morgan fingerprint density at radius 2 is 1.08 bits per heavy atom. The number of rotatable bonds is 18. The van der Waals surface area contributed by atoms with Crippen LogP contribution in [0.1, 0.15) is 47.0 Å². The number of carbonyl (C=O) groups is 6. The summed E-state index contributed by atoms with van der Waals surface area (Å²) in [5.74, 6) is -11.6. The molecule has 23 atom stereocenters. The number of hydrogen-bond acceptors (Lipinski definition) is 22. The Kier molecular flexibility index (Phi) is 19.6. The molecule has 3 aliphatic carbocycles. The maximum absolute atomic E-state index is 15.3. The second-order valence-electron chi connectivity index (χ2n) is 20.0. The van der Waals surface area contributed by atoms with Crippen molar-refractivity contribution >= 4 is 35.7 Å². The summed E-state index contributed by atoms with van der Waals surface area (Å²) in [4.78, 5) is 80.6. The molecule has 0 spiro atoms. The van der Waals surface area contributed by atoms with Crippen LogP contribution in [0, 0.1) is 29.6 Å². The first-order chi connectivity index (χ1) is 36.2. The third-order valence-electron chi connectivity index (χ3n) is 15.3. The minimum Gasteiger partial charge on any atom is -0.479 e. The van der Waals surface area contributed by atoms with E-state index in [0.29, 0.717) is 18.4 Å². The van der Waals surface area contributed by atoms with E-state index in [9.17, 15) is 60.0 Å². The number of amides is 2. The number of methoxy groups -OCH3 is 2. The molecular weight excluding hydrogens is 1010 g/mol. The second-order valence-corrected chi connectivity index (χ2v) is 20.0. The molecule has 4 saturated heterocycles. The highest BCUT2D eigenvalue weighted by molar-refractivity contribution is 5.84. The zero-order chi connectivity index (χ0) is 55.4. The maximum Gasteiger partial charge on any atom is 0.335 e. The van der Waals surface area contributed by atoms with Crippen molar-refractivity contribution in [1.29, 1.82) is 0 Å². The smallest absolute Gasteiger partial charge is 0.335 e. The zero-order valence-electron chi connectivity index (χ0n) is 42.6. The van der Waals surface area contributed by atoms with Gasteiger partial charge in [0.25, 0.3) is 0 Å². The van der Waals surface area contributed by atoms with Gasteiger partial charge in [-0.15, -0.1) is 0 Å². The predicted molar refractivity (Wildman–Crippen MR) is 253 cm³/mol. The fraction of sp³-hybridized carbons (Fsp3) is 0.720. The Morgan fingerprint density at radius 1 is 0.618 bits per heavy atom. The number of carboxylic acid groups (broad SMARTS) is 2. The van der Waals surface area contributed by atoms with Gasteiger partial charge in [-0.2, -0.15) is 0 Å². The molecule has 0 aromatic carbocycles. The molecule has 23 unspecified atom stereocenters. The number of aliphatic carboxylic acids is 2. The highest BCUT2D eigenvalue weighted by atomic mass is 16.7. The van der Waals surface area contributed by atoms with E-state index in [2.05, 4.69) is 10.6 Å². The largest absolute Gasteiger partial charge is 0.479 e. The lowest BCUT2D eigenvalue weighted by Crippen LogP contribution is -2.68. The van der Waals surface area contributed by atoms with Gasteiger partial charge in [0, 0.05) is 34.0 Å². The van der Waals surface area contributed by atoms with Gasteiger partial charge in [-0.25, -0.2) is 9.59 Å². The Hall–Kier alpha value is -4.78. The topological polar surface area (TPSA) is 381 Å². The number of nitrogens with one attached hydrogen (secondary N) is 2. The fourth-order valence-electron chi connectivity index (χ4n) is 11.7. The normalized spacial score (nSPS) is 43.2. The van der Waals surface area contributed by atoms with Crippen molar-refractivity contribution in [2.24, 2.45) is 29.6 Å².